The van der Waals surface area contributed by atoms with Gasteiger partial charge in [-0.3, -0.25) is 0 Å². The minimum absolute atomic E-state index is 0.499. The van der Waals surface area contributed by atoms with Crippen LogP contribution in [-0.2, 0) is 5.33 Å². The standard InChI is InChI=1S/C3H2BrClN2S/c4-1-2-6-3(5)8-7-2/h1H2. The van der Waals surface area contributed by atoms with Crippen LogP contribution in [0.15, 0.2) is 0 Å². The van der Waals surface area contributed by atoms with Crippen molar-refractivity contribution in [3.05, 3.63) is 10.3 Å². The van der Waals surface area contributed by atoms with Crippen LogP contribution in [-0.4, -0.2) is 9.36 Å². The van der Waals surface area contributed by atoms with E-state index in [4.69, 9.17) is 11.6 Å². The maximum atomic E-state index is 5.46. The van der Waals surface area contributed by atoms with Crippen molar-refractivity contribution in [1.82, 2.24) is 9.36 Å². The van der Waals surface area contributed by atoms with Gasteiger partial charge in [0.2, 0.25) is 4.47 Å². The van der Waals surface area contributed by atoms with Gasteiger partial charge in [0.15, 0.2) is 5.82 Å². The van der Waals surface area contributed by atoms with E-state index in [2.05, 4.69) is 25.3 Å². The van der Waals surface area contributed by atoms with Crippen LogP contribution in [0, 0.1) is 0 Å². The van der Waals surface area contributed by atoms with Crippen molar-refractivity contribution in [2.75, 3.05) is 0 Å². The SMILES string of the molecule is Clc1nc(CBr)ns1. The highest BCUT2D eigenvalue weighted by Gasteiger charge is 1.96. The first-order chi connectivity index (χ1) is 3.83. The Morgan fingerprint density at radius 2 is 2.50 bits per heavy atom. The van der Waals surface area contributed by atoms with Gasteiger partial charge in [-0.1, -0.05) is 15.9 Å². The minimum Gasteiger partial charge on any atom is -0.207 e. The molecule has 0 aliphatic rings. The fourth-order valence-corrected chi connectivity index (χ4v) is 1.34. The number of alkyl halides is 1. The third-order valence-corrected chi connectivity index (χ3v) is 1.90. The molecule has 0 N–H and O–H groups in total. The topological polar surface area (TPSA) is 25.8 Å². The molecule has 0 spiro atoms. The Kier molecular flexibility index (Phi) is 2.22. The van der Waals surface area contributed by atoms with Crippen LogP contribution >= 0.6 is 39.1 Å². The van der Waals surface area contributed by atoms with E-state index >= 15 is 0 Å². The highest BCUT2D eigenvalue weighted by Crippen LogP contribution is 2.11. The van der Waals surface area contributed by atoms with Crippen LogP contribution in [0.1, 0.15) is 5.82 Å². The van der Waals surface area contributed by atoms with E-state index in [9.17, 15) is 0 Å². The van der Waals surface area contributed by atoms with Gasteiger partial charge < -0.3 is 0 Å². The summed E-state index contributed by atoms with van der Waals surface area (Å²) in [5.41, 5.74) is 0. The molecule has 0 aliphatic carbocycles. The van der Waals surface area contributed by atoms with Crippen molar-refractivity contribution in [3.63, 3.8) is 0 Å². The zero-order chi connectivity index (χ0) is 5.98. The smallest absolute Gasteiger partial charge is 0.203 e. The van der Waals surface area contributed by atoms with Crippen LogP contribution in [0.5, 0.6) is 0 Å². The summed E-state index contributed by atoms with van der Waals surface area (Å²) in [6.45, 7) is 0. The summed E-state index contributed by atoms with van der Waals surface area (Å²) in [5.74, 6) is 0.750. The highest BCUT2D eigenvalue weighted by atomic mass is 79.9. The largest absolute Gasteiger partial charge is 0.207 e. The Hall–Kier alpha value is 0.330. The molecule has 0 saturated carbocycles. The zero-order valence-electron chi connectivity index (χ0n) is 3.77. The lowest BCUT2D eigenvalue weighted by Crippen LogP contribution is -1.76. The first kappa shape index (κ1) is 6.45. The van der Waals surface area contributed by atoms with Crippen LogP contribution in [0.4, 0.5) is 0 Å². The van der Waals surface area contributed by atoms with Crippen molar-refractivity contribution in [2.45, 2.75) is 5.33 Å². The Morgan fingerprint density at radius 1 is 1.75 bits per heavy atom. The summed E-state index contributed by atoms with van der Waals surface area (Å²) in [5, 5.41) is 0.677. The fraction of sp³-hybridized carbons (Fsp3) is 0.333. The number of nitrogens with zero attached hydrogens (tertiary/aromatic N) is 2. The summed E-state index contributed by atoms with van der Waals surface area (Å²) < 4.78 is 4.39. The predicted molar refractivity (Wildman–Crippen MR) is 37.6 cm³/mol. The summed E-state index contributed by atoms with van der Waals surface area (Å²) >= 11 is 9.86. The zero-order valence-corrected chi connectivity index (χ0v) is 6.92. The predicted octanol–water partition coefficient (Wildman–Crippen LogP) is 2.09. The van der Waals surface area contributed by atoms with Gasteiger partial charge in [0.1, 0.15) is 0 Å². The second-order valence-corrected chi connectivity index (χ2v) is 2.99. The van der Waals surface area contributed by atoms with Crippen molar-refractivity contribution < 1.29 is 0 Å². The van der Waals surface area contributed by atoms with Gasteiger partial charge in [-0.15, -0.1) is 0 Å². The molecule has 1 rings (SSSR count). The summed E-state index contributed by atoms with van der Waals surface area (Å²) in [6, 6.07) is 0. The average Bonchev–Trinajstić information content (AvgIpc) is 2.14. The molecule has 44 valence electrons. The second-order valence-electron chi connectivity index (χ2n) is 1.10. The van der Waals surface area contributed by atoms with Gasteiger partial charge in [-0.2, -0.15) is 4.37 Å². The fourth-order valence-electron chi connectivity index (χ4n) is 0.287. The number of aromatic nitrogens is 2. The van der Waals surface area contributed by atoms with Crippen molar-refractivity contribution in [1.29, 1.82) is 0 Å². The number of hydrogen-bond acceptors (Lipinski definition) is 3. The maximum Gasteiger partial charge on any atom is 0.203 e. The molecule has 0 aliphatic heterocycles. The van der Waals surface area contributed by atoms with Crippen LogP contribution in [0.25, 0.3) is 0 Å². The first-order valence-electron chi connectivity index (χ1n) is 1.87. The molecule has 0 bridgehead atoms. The molecule has 5 heteroatoms. The minimum atomic E-state index is 0.499. The van der Waals surface area contributed by atoms with E-state index in [0.29, 0.717) is 9.80 Å². The van der Waals surface area contributed by atoms with Crippen molar-refractivity contribution >= 4 is 39.1 Å². The number of halogens is 2. The van der Waals surface area contributed by atoms with Crippen LogP contribution < -0.4 is 0 Å². The van der Waals surface area contributed by atoms with E-state index in [0.717, 1.165) is 5.82 Å². The van der Waals surface area contributed by atoms with Crippen molar-refractivity contribution in [3.8, 4) is 0 Å². The third kappa shape index (κ3) is 1.40. The van der Waals surface area contributed by atoms with Crippen molar-refractivity contribution in [2.24, 2.45) is 0 Å². The number of rotatable bonds is 1. The molecule has 1 aromatic heterocycles. The van der Waals surface area contributed by atoms with Crippen LogP contribution in [0.3, 0.4) is 0 Å². The Balaban J connectivity index is 2.84. The molecule has 1 heterocycles. The van der Waals surface area contributed by atoms with Gasteiger partial charge in [-0.25, -0.2) is 4.98 Å². The molecule has 0 saturated heterocycles. The molecular weight excluding hydrogens is 211 g/mol. The van der Waals surface area contributed by atoms with Crippen LogP contribution in [0.2, 0.25) is 4.47 Å². The van der Waals surface area contributed by atoms with E-state index in [1.807, 2.05) is 0 Å². The van der Waals surface area contributed by atoms with E-state index in [1.54, 1.807) is 0 Å². The molecule has 0 atom stereocenters. The van der Waals surface area contributed by atoms with E-state index in [-0.39, 0.29) is 0 Å². The molecule has 0 amide bonds. The lowest BCUT2D eigenvalue weighted by atomic mass is 10.8. The summed E-state index contributed by atoms with van der Waals surface area (Å²) in [7, 11) is 0. The van der Waals surface area contributed by atoms with Gasteiger partial charge >= 0.3 is 0 Å². The first-order valence-corrected chi connectivity index (χ1v) is 4.14. The lowest BCUT2D eigenvalue weighted by Gasteiger charge is -1.74. The maximum absolute atomic E-state index is 5.46. The molecule has 0 aromatic carbocycles. The summed E-state index contributed by atoms with van der Waals surface area (Å²) in [4.78, 5) is 3.86. The second kappa shape index (κ2) is 2.75. The van der Waals surface area contributed by atoms with Gasteiger partial charge in [-0.05, 0) is 23.1 Å². The molecule has 2 nitrogen and oxygen atoms in total. The average molecular weight is 213 g/mol. The number of hydrogen-bond donors (Lipinski definition) is 0. The molecule has 8 heavy (non-hydrogen) atoms. The Labute approximate surface area is 64.2 Å². The molecule has 0 unspecified atom stereocenters. The molecular formula is C3H2BrClN2S. The highest BCUT2D eigenvalue weighted by molar-refractivity contribution is 9.08. The molecule has 1 aromatic rings. The van der Waals surface area contributed by atoms with Gasteiger partial charge in [0.25, 0.3) is 0 Å². The van der Waals surface area contributed by atoms with Gasteiger partial charge in [0, 0.05) is 0 Å². The quantitative estimate of drug-likeness (QED) is 0.668. The van der Waals surface area contributed by atoms with E-state index in [1.165, 1.54) is 11.5 Å². The molecule has 0 radical (unpaired) electrons. The monoisotopic (exact) mass is 212 g/mol. The van der Waals surface area contributed by atoms with E-state index < -0.39 is 0 Å². The van der Waals surface area contributed by atoms with Gasteiger partial charge in [0.05, 0.1) is 5.33 Å². The lowest BCUT2D eigenvalue weighted by molar-refractivity contribution is 1.15. The normalized spacial score (nSPS) is 9.75. The molecule has 0 fully saturated rings. The summed E-state index contributed by atoms with van der Waals surface area (Å²) in [6.07, 6.45) is 0. The third-order valence-electron chi connectivity index (χ3n) is 0.563. The Morgan fingerprint density at radius 3 is 2.75 bits per heavy atom. The Bertz CT molecular complexity index is 178.